The van der Waals surface area contributed by atoms with Crippen molar-refractivity contribution in [3.05, 3.63) is 0 Å². The molecule has 0 saturated carbocycles. The third kappa shape index (κ3) is 35.7. The zero-order valence-corrected chi connectivity index (χ0v) is 41.9. The maximum atomic E-state index is 11.8. The van der Waals surface area contributed by atoms with Gasteiger partial charge in [-0.05, 0) is 68.2 Å². The molecule has 0 heterocycles. The summed E-state index contributed by atoms with van der Waals surface area (Å²) in [4.78, 5) is 27.9. The van der Waals surface area contributed by atoms with Gasteiger partial charge in [-0.25, -0.2) is 0 Å². The highest BCUT2D eigenvalue weighted by molar-refractivity contribution is 8.77. The Hall–Kier alpha value is 0.130. The van der Waals surface area contributed by atoms with Crippen molar-refractivity contribution in [2.45, 2.75) is 115 Å². The number of carbonyl (C=O) groups excluding carboxylic acids is 2. The van der Waals surface area contributed by atoms with Gasteiger partial charge in [0.15, 0.2) is 5.78 Å². The van der Waals surface area contributed by atoms with Crippen molar-refractivity contribution in [3.63, 3.8) is 0 Å². The van der Waals surface area contributed by atoms with Crippen molar-refractivity contribution in [3.8, 4) is 0 Å². The first kappa shape index (κ1) is 60.2. The van der Waals surface area contributed by atoms with Crippen LogP contribution in [0.5, 0.6) is 0 Å². The lowest BCUT2D eigenvalue weighted by atomic mass is 10.1. The fraction of sp³-hybridized carbons (Fsp3) is 0.949. The molecule has 1 unspecified atom stereocenters. The Bertz CT molecular complexity index is 1120. The monoisotopic (exact) mass is 927 g/mol. The Morgan fingerprint density at radius 1 is 0.690 bits per heavy atom. The van der Waals surface area contributed by atoms with E-state index in [1.54, 1.807) is 39.0 Å². The molecule has 0 radical (unpaired) electrons. The number of ether oxygens (including phenoxy) is 6. The molecule has 2 N–H and O–H groups in total. The average Bonchev–Trinajstić information content (AvgIpc) is 3.14. The molecule has 0 rings (SSSR count). The molecule has 0 saturated heterocycles. The van der Waals surface area contributed by atoms with Crippen molar-refractivity contribution in [2.24, 2.45) is 0 Å². The van der Waals surface area contributed by atoms with Gasteiger partial charge in [0, 0.05) is 93.4 Å². The lowest BCUT2D eigenvalue weighted by Gasteiger charge is -2.34. The number of methoxy groups -OCH3 is 2. The van der Waals surface area contributed by atoms with E-state index in [2.05, 4.69) is 70.5 Å². The number of nitrogens with one attached hydrogen (secondary N) is 1. The van der Waals surface area contributed by atoms with E-state index in [1.165, 1.54) is 10.8 Å². The summed E-state index contributed by atoms with van der Waals surface area (Å²) in [6.45, 7) is 28.8. The number of nitrogens with zero attached hydrogens (tertiary/aromatic N) is 2. The van der Waals surface area contributed by atoms with Gasteiger partial charge < -0.3 is 33.7 Å². The second-order valence-corrected chi connectivity index (χ2v) is 23.1. The molecule has 0 aliphatic rings. The largest absolute Gasteiger partial charge is 0.382 e. The smallest absolute Gasteiger partial charge is 0.275 e. The fourth-order valence-electron chi connectivity index (χ4n) is 5.04. The summed E-state index contributed by atoms with van der Waals surface area (Å²) in [6.07, 6.45) is 1.74. The van der Waals surface area contributed by atoms with E-state index in [9.17, 15) is 22.6 Å². The van der Waals surface area contributed by atoms with Gasteiger partial charge in [0.05, 0.1) is 66.1 Å². The summed E-state index contributed by atoms with van der Waals surface area (Å²) in [5.41, 5.74) is 0. The summed E-state index contributed by atoms with van der Waals surface area (Å²) in [5, 5.41) is 1.34. The number of amides is 1. The molecule has 0 bridgehead atoms. The number of hydrogen-bond donors (Lipinski definition) is 2. The predicted molar refractivity (Wildman–Crippen MR) is 247 cm³/mol. The van der Waals surface area contributed by atoms with E-state index in [4.69, 9.17) is 28.4 Å². The van der Waals surface area contributed by atoms with Gasteiger partial charge in [-0.15, -0.1) is 0 Å². The lowest BCUT2D eigenvalue weighted by molar-refractivity contribution is -0.120. The van der Waals surface area contributed by atoms with Crippen LogP contribution in [0.1, 0.15) is 88.0 Å². The van der Waals surface area contributed by atoms with Crippen LogP contribution in [0.3, 0.4) is 0 Å². The molecule has 348 valence electrons. The van der Waals surface area contributed by atoms with E-state index in [0.717, 1.165) is 38.4 Å². The number of carbonyl (C=O) groups is 2. The third-order valence-electron chi connectivity index (χ3n) is 8.29. The van der Waals surface area contributed by atoms with Crippen molar-refractivity contribution in [2.75, 3.05) is 125 Å². The Kier molecular flexibility index (Phi) is 38.0. The second-order valence-electron chi connectivity index (χ2n) is 15.3. The molecule has 0 aromatic carbocycles. The van der Waals surface area contributed by atoms with E-state index >= 15 is 0 Å². The molecule has 58 heavy (non-hydrogen) atoms. The standard InChI is InChI=1S/C20H41NO7S3.C19H40N2O4S2/c1-7-18(22)19(31(23,24)25)8-15-29-30-20(4,5)16-21(17(2)3)9-10-27-13-14-28-12-11-26-6;1-17(2)21(9-10-24-13-14-25-12-11-23-6)16-19(3,4)27-26-15-7-8-18(22)20-5/h17,19H,7-16H2,1-6H3,(H,23,24,25);17H,7-16H2,1-6H3,(H,20,22). The van der Waals surface area contributed by atoms with Crippen LogP contribution in [-0.4, -0.2) is 186 Å². The highest BCUT2D eigenvalue weighted by atomic mass is 33.1. The van der Waals surface area contributed by atoms with E-state index < -0.39 is 21.2 Å². The minimum Gasteiger partial charge on any atom is -0.382 e. The molecule has 14 nitrogen and oxygen atoms in total. The number of hydrogen-bond acceptors (Lipinski definition) is 16. The minimum atomic E-state index is -4.35. The highest BCUT2D eigenvalue weighted by Gasteiger charge is 2.30. The van der Waals surface area contributed by atoms with Crippen LogP contribution in [0.25, 0.3) is 0 Å². The van der Waals surface area contributed by atoms with Crippen LogP contribution in [-0.2, 0) is 48.1 Å². The Morgan fingerprint density at radius 3 is 1.45 bits per heavy atom. The number of rotatable bonds is 38. The zero-order valence-electron chi connectivity index (χ0n) is 37.8. The molecular weight excluding hydrogens is 847 g/mol. The number of ketones is 1. The van der Waals surface area contributed by atoms with Gasteiger partial charge in [0.2, 0.25) is 5.91 Å². The first-order valence-corrected chi connectivity index (χ1v) is 26.5. The quantitative estimate of drug-likeness (QED) is 0.0407. The van der Waals surface area contributed by atoms with E-state index in [1.807, 2.05) is 21.6 Å². The van der Waals surface area contributed by atoms with Crippen LogP contribution in [0, 0.1) is 0 Å². The molecule has 1 atom stereocenters. The fourth-order valence-corrected chi connectivity index (χ4v) is 11.3. The molecule has 0 fully saturated rings. The zero-order chi connectivity index (χ0) is 44.5. The maximum absolute atomic E-state index is 11.8. The summed E-state index contributed by atoms with van der Waals surface area (Å²) < 4.78 is 64.2. The normalized spacial score (nSPS) is 13.1. The van der Waals surface area contributed by atoms with Crippen LogP contribution in [0.4, 0.5) is 0 Å². The molecule has 1 amide bonds. The summed E-state index contributed by atoms with van der Waals surface area (Å²) >= 11 is 0. The minimum absolute atomic E-state index is 0.0828. The van der Waals surface area contributed by atoms with Gasteiger partial charge in [0.25, 0.3) is 10.1 Å². The Morgan fingerprint density at radius 2 is 1.09 bits per heavy atom. The molecule has 0 aliphatic carbocycles. The van der Waals surface area contributed by atoms with Crippen molar-refractivity contribution < 1.29 is 51.0 Å². The number of Topliss-reactive ketones (excluding diaryl/α,β-unsaturated/α-hetero) is 1. The van der Waals surface area contributed by atoms with Crippen LogP contribution in [0.15, 0.2) is 0 Å². The highest BCUT2D eigenvalue weighted by Crippen LogP contribution is 2.38. The van der Waals surface area contributed by atoms with Crippen LogP contribution < -0.4 is 5.32 Å². The van der Waals surface area contributed by atoms with Gasteiger partial charge in [-0.3, -0.25) is 23.9 Å². The van der Waals surface area contributed by atoms with Gasteiger partial charge >= 0.3 is 0 Å². The Balaban J connectivity index is 0. The van der Waals surface area contributed by atoms with Gasteiger partial charge in [-0.2, -0.15) is 8.42 Å². The molecule has 19 heteroatoms. The van der Waals surface area contributed by atoms with Crippen LogP contribution >= 0.6 is 43.2 Å². The van der Waals surface area contributed by atoms with Crippen molar-refractivity contribution in [1.82, 2.24) is 15.1 Å². The first-order valence-electron chi connectivity index (χ1n) is 20.3. The molecule has 0 aromatic rings. The topological polar surface area (TPSA) is 162 Å². The van der Waals surface area contributed by atoms with E-state index in [0.29, 0.717) is 90.3 Å². The van der Waals surface area contributed by atoms with Crippen molar-refractivity contribution >= 4 is 65.0 Å². The molecular formula is C39H81N3O11S5. The van der Waals surface area contributed by atoms with Gasteiger partial charge in [0.1, 0.15) is 5.25 Å². The molecule has 0 aliphatic heterocycles. The Labute approximate surface area is 369 Å². The average molecular weight is 928 g/mol. The summed E-state index contributed by atoms with van der Waals surface area (Å²) in [6, 6.07) is 0.835. The van der Waals surface area contributed by atoms with Crippen molar-refractivity contribution in [1.29, 1.82) is 0 Å². The summed E-state index contributed by atoms with van der Waals surface area (Å²) in [7, 11) is 7.61. The molecule has 0 aromatic heterocycles. The first-order chi connectivity index (χ1) is 27.3. The SMILES string of the molecule is CCC(=O)C(CCSSC(C)(C)CN(CCOCCOCCOC)C(C)C)S(=O)(=O)O.CNC(=O)CCCSSC(C)(C)CN(CCOCCOCCOC)C(C)C. The molecule has 0 spiro atoms. The van der Waals surface area contributed by atoms with Crippen LogP contribution in [0.2, 0.25) is 0 Å². The van der Waals surface area contributed by atoms with Gasteiger partial charge in [-0.1, -0.05) is 50.1 Å². The second kappa shape index (κ2) is 36.6. The maximum Gasteiger partial charge on any atom is 0.275 e. The predicted octanol–water partition coefficient (Wildman–Crippen LogP) is 6.22. The van der Waals surface area contributed by atoms with E-state index in [-0.39, 0.29) is 28.2 Å². The summed E-state index contributed by atoms with van der Waals surface area (Å²) in [5.74, 6) is 1.14. The third-order valence-corrected chi connectivity index (χ3v) is 16.2. The lowest BCUT2D eigenvalue weighted by Crippen LogP contribution is -2.42.